The second kappa shape index (κ2) is 9.50. The number of carbonyl (C=O) groups excluding carboxylic acids is 1. The van der Waals surface area contributed by atoms with E-state index in [4.69, 9.17) is 21.6 Å². The zero-order valence-electron chi connectivity index (χ0n) is 17.0. The summed E-state index contributed by atoms with van der Waals surface area (Å²) in [7, 11) is 1.50. The van der Waals surface area contributed by atoms with Crippen LogP contribution >= 0.6 is 0 Å². The molecule has 0 radical (unpaired) electrons. The van der Waals surface area contributed by atoms with E-state index in [0.29, 0.717) is 28.3 Å². The summed E-state index contributed by atoms with van der Waals surface area (Å²) in [6.45, 7) is 5.52. The number of benzene rings is 1. The highest BCUT2D eigenvalue weighted by molar-refractivity contribution is 6.47. The molecule has 0 fully saturated rings. The molecule has 0 aliphatic heterocycles. The minimum atomic E-state index is -0.444. The second-order valence-corrected chi connectivity index (χ2v) is 6.67. The van der Waals surface area contributed by atoms with E-state index < -0.39 is 5.91 Å². The molecule has 8 nitrogen and oxygen atoms in total. The molecule has 0 unspecified atom stereocenters. The Morgan fingerprint density at radius 1 is 1.31 bits per heavy atom. The Balaban J connectivity index is 2.28. The Bertz CT molecular complexity index is 975. The monoisotopic (exact) mass is 394 g/mol. The van der Waals surface area contributed by atoms with E-state index in [0.717, 1.165) is 0 Å². The fourth-order valence-corrected chi connectivity index (χ4v) is 2.53. The molecule has 1 heterocycles. The van der Waals surface area contributed by atoms with Crippen LogP contribution < -0.4 is 21.5 Å². The maximum Gasteiger partial charge on any atom is 0.275 e. The van der Waals surface area contributed by atoms with Crippen LogP contribution in [0.1, 0.15) is 31.9 Å². The number of rotatable bonds is 7. The molecule has 0 saturated heterocycles. The number of aromatic nitrogens is 1. The summed E-state index contributed by atoms with van der Waals surface area (Å²) < 4.78 is 5.69. The summed E-state index contributed by atoms with van der Waals surface area (Å²) in [6, 6.07) is 8.47. The quantitative estimate of drug-likeness (QED) is 0.422. The number of nitrogens with two attached hydrogens (primary N) is 2. The standard InChI is InChI=1S/C21H26N6O2/c1-12(2)29-15-5-6-17(23)16(11-15)20(24)14-7-8-26-19(10-14)27-21(28)18(25-4)9-13(3)22/h5-12,24H,22-23H2,1-4H3,(H,26,27,28). The van der Waals surface area contributed by atoms with Gasteiger partial charge in [-0.05, 0) is 57.2 Å². The minimum Gasteiger partial charge on any atom is -0.491 e. The van der Waals surface area contributed by atoms with Crippen molar-refractivity contribution in [2.24, 2.45) is 10.7 Å². The van der Waals surface area contributed by atoms with Crippen LogP contribution in [0.25, 0.3) is 0 Å². The van der Waals surface area contributed by atoms with E-state index in [1.807, 2.05) is 13.8 Å². The van der Waals surface area contributed by atoms with E-state index in [1.165, 1.54) is 19.3 Å². The minimum absolute atomic E-state index is 0.00373. The zero-order chi connectivity index (χ0) is 21.6. The summed E-state index contributed by atoms with van der Waals surface area (Å²) in [5.74, 6) is 0.472. The number of pyridine rings is 1. The number of ether oxygens (including phenoxy) is 1. The molecule has 0 atom stereocenters. The summed E-state index contributed by atoms with van der Waals surface area (Å²) in [6.07, 6.45) is 2.99. The third-order valence-corrected chi connectivity index (χ3v) is 3.79. The molecule has 0 saturated carbocycles. The Hall–Kier alpha value is -3.68. The third-order valence-electron chi connectivity index (χ3n) is 3.79. The Kier molecular flexibility index (Phi) is 7.08. The lowest BCUT2D eigenvalue weighted by molar-refractivity contribution is -0.110. The number of hydrogen-bond acceptors (Lipinski definition) is 7. The lowest BCUT2D eigenvalue weighted by atomic mass is 10.0. The van der Waals surface area contributed by atoms with Crippen LogP contribution in [-0.2, 0) is 4.79 Å². The van der Waals surface area contributed by atoms with Gasteiger partial charge >= 0.3 is 0 Å². The zero-order valence-corrected chi connectivity index (χ0v) is 17.0. The normalized spacial score (nSPS) is 12.0. The molecular weight excluding hydrogens is 368 g/mol. The molecule has 0 aliphatic carbocycles. The van der Waals surface area contributed by atoms with Crippen molar-refractivity contribution in [1.29, 1.82) is 5.41 Å². The summed E-state index contributed by atoms with van der Waals surface area (Å²) >= 11 is 0. The highest BCUT2D eigenvalue weighted by Gasteiger charge is 2.14. The van der Waals surface area contributed by atoms with Crippen LogP contribution in [0.15, 0.2) is 53.3 Å². The largest absolute Gasteiger partial charge is 0.491 e. The van der Waals surface area contributed by atoms with Gasteiger partial charge in [0, 0.05) is 35.8 Å². The first-order valence-corrected chi connectivity index (χ1v) is 9.04. The number of allylic oxidation sites excluding steroid dienone is 1. The van der Waals surface area contributed by atoms with Crippen molar-refractivity contribution >= 4 is 28.8 Å². The first kappa shape index (κ1) is 21.6. The van der Waals surface area contributed by atoms with Gasteiger partial charge in [0.15, 0.2) is 0 Å². The predicted octanol–water partition coefficient (Wildman–Crippen LogP) is 2.74. The van der Waals surface area contributed by atoms with Crippen LogP contribution in [0.2, 0.25) is 0 Å². The summed E-state index contributed by atoms with van der Waals surface area (Å²) in [4.78, 5) is 20.4. The number of nitrogen functional groups attached to an aromatic ring is 1. The average Bonchev–Trinajstić information content (AvgIpc) is 2.66. The highest BCUT2D eigenvalue weighted by Crippen LogP contribution is 2.24. The van der Waals surface area contributed by atoms with Gasteiger partial charge in [0.25, 0.3) is 5.91 Å². The van der Waals surface area contributed by atoms with Gasteiger partial charge in [0.2, 0.25) is 0 Å². The first-order chi connectivity index (χ1) is 13.7. The second-order valence-electron chi connectivity index (χ2n) is 6.67. The van der Waals surface area contributed by atoms with E-state index in [9.17, 15) is 4.79 Å². The number of aliphatic imine (C=N–C) groups is 1. The molecule has 8 heteroatoms. The van der Waals surface area contributed by atoms with Crippen LogP contribution in [-0.4, -0.2) is 35.5 Å². The van der Waals surface area contributed by atoms with Crippen molar-refractivity contribution in [3.05, 3.63) is 59.4 Å². The molecule has 1 amide bonds. The van der Waals surface area contributed by atoms with Crippen molar-refractivity contribution in [3.8, 4) is 5.75 Å². The predicted molar refractivity (Wildman–Crippen MR) is 117 cm³/mol. The molecule has 2 rings (SSSR count). The van der Waals surface area contributed by atoms with Crippen LogP contribution in [0, 0.1) is 5.41 Å². The lowest BCUT2D eigenvalue weighted by Gasteiger charge is -2.14. The first-order valence-electron chi connectivity index (χ1n) is 9.04. The highest BCUT2D eigenvalue weighted by atomic mass is 16.5. The van der Waals surface area contributed by atoms with Crippen LogP contribution in [0.5, 0.6) is 5.75 Å². The molecule has 0 spiro atoms. The molecular formula is C21H26N6O2. The van der Waals surface area contributed by atoms with Gasteiger partial charge in [-0.25, -0.2) is 4.98 Å². The van der Waals surface area contributed by atoms with Crippen LogP contribution in [0.3, 0.4) is 0 Å². The molecule has 0 bridgehead atoms. The van der Waals surface area contributed by atoms with E-state index >= 15 is 0 Å². The Morgan fingerprint density at radius 3 is 2.66 bits per heavy atom. The van der Waals surface area contributed by atoms with Gasteiger partial charge in [-0.2, -0.15) is 0 Å². The van der Waals surface area contributed by atoms with Crippen LogP contribution in [0.4, 0.5) is 11.5 Å². The number of amides is 1. The van der Waals surface area contributed by atoms with Crippen molar-refractivity contribution in [1.82, 2.24) is 4.98 Å². The topological polar surface area (TPSA) is 139 Å². The molecule has 29 heavy (non-hydrogen) atoms. The SMILES string of the molecule is CN=C(C=C(C)N)C(=O)Nc1cc(C(=N)c2cc(OC(C)C)ccc2N)ccn1. The third kappa shape index (κ3) is 5.90. The summed E-state index contributed by atoms with van der Waals surface area (Å²) in [5.41, 5.74) is 14.0. The molecule has 1 aromatic carbocycles. The lowest BCUT2D eigenvalue weighted by Crippen LogP contribution is -2.23. The number of carbonyl (C=O) groups is 1. The maximum atomic E-state index is 12.4. The van der Waals surface area contributed by atoms with Crippen molar-refractivity contribution in [3.63, 3.8) is 0 Å². The fourth-order valence-electron chi connectivity index (χ4n) is 2.53. The van der Waals surface area contributed by atoms with Crippen molar-refractivity contribution < 1.29 is 9.53 Å². The molecule has 1 aromatic heterocycles. The van der Waals surface area contributed by atoms with E-state index in [2.05, 4.69) is 15.3 Å². The maximum absolute atomic E-state index is 12.4. The van der Waals surface area contributed by atoms with Gasteiger partial charge < -0.3 is 21.5 Å². The molecule has 152 valence electrons. The number of nitrogens with one attached hydrogen (secondary N) is 2. The van der Waals surface area contributed by atoms with Gasteiger partial charge in [-0.15, -0.1) is 0 Å². The molecule has 0 aliphatic rings. The van der Waals surface area contributed by atoms with Crippen molar-refractivity contribution in [2.45, 2.75) is 26.9 Å². The summed E-state index contributed by atoms with van der Waals surface area (Å²) in [5, 5.41) is 11.2. The number of anilines is 2. The molecule has 2 aromatic rings. The molecule has 6 N–H and O–H groups in total. The Morgan fingerprint density at radius 2 is 2.03 bits per heavy atom. The number of hydrogen-bond donors (Lipinski definition) is 4. The van der Waals surface area contributed by atoms with Gasteiger partial charge in [-0.3, -0.25) is 15.2 Å². The van der Waals surface area contributed by atoms with E-state index in [-0.39, 0.29) is 23.3 Å². The fraction of sp³-hybridized carbons (Fsp3) is 0.238. The van der Waals surface area contributed by atoms with Gasteiger partial charge in [-0.1, -0.05) is 0 Å². The Labute approximate surface area is 170 Å². The van der Waals surface area contributed by atoms with E-state index in [1.54, 1.807) is 37.3 Å². The number of nitrogens with zero attached hydrogens (tertiary/aromatic N) is 2. The van der Waals surface area contributed by atoms with Gasteiger partial charge in [0.05, 0.1) is 11.8 Å². The smallest absolute Gasteiger partial charge is 0.275 e. The average molecular weight is 394 g/mol. The van der Waals surface area contributed by atoms with Crippen molar-refractivity contribution in [2.75, 3.05) is 18.1 Å². The van der Waals surface area contributed by atoms with Gasteiger partial charge in [0.1, 0.15) is 17.3 Å².